The Labute approximate surface area is 148 Å². The summed E-state index contributed by atoms with van der Waals surface area (Å²) in [4.78, 5) is 16.7. The molecule has 0 amide bonds. The fraction of sp³-hybridized carbons (Fsp3) is 0.105. The van der Waals surface area contributed by atoms with Gasteiger partial charge in [0.1, 0.15) is 0 Å². The largest absolute Gasteiger partial charge is 0.469 e. The third-order valence-electron chi connectivity index (χ3n) is 4.16. The summed E-state index contributed by atoms with van der Waals surface area (Å²) in [7, 11) is 1.39. The number of hydrogen-bond donors (Lipinski definition) is 1. The van der Waals surface area contributed by atoms with Crippen LogP contribution < -0.4 is 0 Å². The van der Waals surface area contributed by atoms with E-state index in [1.54, 1.807) is 6.20 Å². The number of rotatable bonds is 3. The number of aromatic amines is 1. The Hall–Kier alpha value is -2.92. The van der Waals surface area contributed by atoms with Crippen molar-refractivity contribution in [3.05, 3.63) is 59.2 Å². The molecule has 0 aliphatic carbocycles. The van der Waals surface area contributed by atoms with Gasteiger partial charge in [0.15, 0.2) is 0 Å². The van der Waals surface area contributed by atoms with E-state index < -0.39 is 0 Å². The molecule has 2 heterocycles. The van der Waals surface area contributed by atoms with Crippen molar-refractivity contribution in [1.82, 2.24) is 15.2 Å². The number of halogens is 1. The van der Waals surface area contributed by atoms with Crippen LogP contribution in [0.25, 0.3) is 33.1 Å². The monoisotopic (exact) mass is 351 g/mol. The number of carbonyl (C=O) groups is 1. The van der Waals surface area contributed by atoms with E-state index in [0.29, 0.717) is 5.02 Å². The highest BCUT2D eigenvalue weighted by Crippen LogP contribution is 2.31. The van der Waals surface area contributed by atoms with Gasteiger partial charge in [0.25, 0.3) is 0 Å². The van der Waals surface area contributed by atoms with Gasteiger partial charge >= 0.3 is 5.97 Å². The maximum absolute atomic E-state index is 11.9. The second-order valence-electron chi connectivity index (χ2n) is 5.72. The summed E-state index contributed by atoms with van der Waals surface area (Å²) in [6.07, 6.45) is 1.91. The molecule has 1 N–H and O–H groups in total. The molecule has 0 spiro atoms. The zero-order valence-corrected chi connectivity index (χ0v) is 14.2. The SMILES string of the molecule is COC(=O)Cc1cc(-c2cccc(Cl)c2)nc2ccc3[nH]ncc3c12. The summed E-state index contributed by atoms with van der Waals surface area (Å²) in [5, 5.41) is 9.52. The first-order chi connectivity index (χ1) is 12.2. The Balaban J connectivity index is 2.00. The van der Waals surface area contributed by atoms with Gasteiger partial charge in [-0.1, -0.05) is 23.7 Å². The van der Waals surface area contributed by atoms with E-state index >= 15 is 0 Å². The summed E-state index contributed by atoms with van der Waals surface area (Å²) in [6, 6.07) is 13.3. The Morgan fingerprint density at radius 2 is 2.12 bits per heavy atom. The number of hydrogen-bond acceptors (Lipinski definition) is 4. The summed E-state index contributed by atoms with van der Waals surface area (Å²) >= 11 is 6.11. The summed E-state index contributed by atoms with van der Waals surface area (Å²) in [6.45, 7) is 0. The van der Waals surface area contributed by atoms with Crippen LogP contribution in [-0.4, -0.2) is 28.3 Å². The van der Waals surface area contributed by atoms with Gasteiger partial charge in [-0.25, -0.2) is 4.98 Å². The number of H-pyrrole nitrogens is 1. The van der Waals surface area contributed by atoms with Crippen molar-refractivity contribution in [2.75, 3.05) is 7.11 Å². The lowest BCUT2D eigenvalue weighted by molar-refractivity contribution is -0.139. The number of benzene rings is 2. The molecule has 25 heavy (non-hydrogen) atoms. The number of pyridine rings is 1. The van der Waals surface area contributed by atoms with Crippen LogP contribution in [0.15, 0.2) is 48.7 Å². The van der Waals surface area contributed by atoms with E-state index in [2.05, 4.69) is 10.2 Å². The molecule has 6 heteroatoms. The lowest BCUT2D eigenvalue weighted by Gasteiger charge is -2.10. The smallest absolute Gasteiger partial charge is 0.310 e. The van der Waals surface area contributed by atoms with Crippen LogP contribution >= 0.6 is 11.6 Å². The van der Waals surface area contributed by atoms with Gasteiger partial charge < -0.3 is 4.74 Å². The number of fused-ring (bicyclic) bond motifs is 3. The van der Waals surface area contributed by atoms with E-state index in [-0.39, 0.29) is 12.4 Å². The van der Waals surface area contributed by atoms with Crippen molar-refractivity contribution < 1.29 is 9.53 Å². The summed E-state index contributed by atoms with van der Waals surface area (Å²) < 4.78 is 4.86. The molecule has 124 valence electrons. The van der Waals surface area contributed by atoms with Crippen LogP contribution in [0.2, 0.25) is 5.02 Å². The fourth-order valence-electron chi connectivity index (χ4n) is 3.00. The quantitative estimate of drug-likeness (QED) is 0.563. The van der Waals surface area contributed by atoms with Crippen molar-refractivity contribution in [2.45, 2.75) is 6.42 Å². The Morgan fingerprint density at radius 1 is 1.24 bits per heavy atom. The molecule has 2 aromatic heterocycles. The minimum atomic E-state index is -0.301. The van der Waals surface area contributed by atoms with E-state index in [1.807, 2.05) is 42.5 Å². The first kappa shape index (κ1) is 15.6. The summed E-state index contributed by atoms with van der Waals surface area (Å²) in [5.41, 5.74) is 4.20. The van der Waals surface area contributed by atoms with Crippen molar-refractivity contribution in [3.63, 3.8) is 0 Å². The first-order valence-corrected chi connectivity index (χ1v) is 8.12. The molecule has 4 aromatic rings. The molecule has 0 bridgehead atoms. The molecule has 0 saturated carbocycles. The number of nitrogens with zero attached hydrogens (tertiary/aromatic N) is 2. The fourth-order valence-corrected chi connectivity index (χ4v) is 3.19. The molecule has 4 rings (SSSR count). The van der Waals surface area contributed by atoms with Gasteiger partial charge in [-0.05, 0) is 35.9 Å². The number of ether oxygens (including phenoxy) is 1. The lowest BCUT2D eigenvalue weighted by atomic mass is 9.99. The van der Waals surface area contributed by atoms with Crippen LogP contribution in [-0.2, 0) is 16.0 Å². The zero-order chi connectivity index (χ0) is 17.4. The minimum Gasteiger partial charge on any atom is -0.469 e. The van der Waals surface area contributed by atoms with Gasteiger partial charge in [-0.3, -0.25) is 9.89 Å². The molecule has 2 aromatic carbocycles. The number of esters is 1. The van der Waals surface area contributed by atoms with Gasteiger partial charge in [0, 0.05) is 21.4 Å². The summed E-state index contributed by atoms with van der Waals surface area (Å²) in [5.74, 6) is -0.301. The van der Waals surface area contributed by atoms with Crippen LogP contribution in [0, 0.1) is 0 Å². The normalized spacial score (nSPS) is 11.1. The standard InChI is InChI=1S/C19H14ClN3O2/c1-25-18(24)9-12-8-17(11-3-2-4-13(20)7-11)22-16-6-5-15-14(19(12)16)10-21-23-15/h2-8,10H,9H2,1H3,(H,21,23). The molecule has 0 atom stereocenters. The molecule has 0 saturated heterocycles. The zero-order valence-electron chi connectivity index (χ0n) is 13.4. The number of carbonyl (C=O) groups excluding carboxylic acids is 1. The molecule has 0 unspecified atom stereocenters. The molecule has 0 radical (unpaired) electrons. The van der Waals surface area contributed by atoms with E-state index in [4.69, 9.17) is 21.3 Å². The molecule has 5 nitrogen and oxygen atoms in total. The second-order valence-corrected chi connectivity index (χ2v) is 6.16. The number of aromatic nitrogens is 3. The molecular weight excluding hydrogens is 338 g/mol. The maximum Gasteiger partial charge on any atom is 0.310 e. The highest BCUT2D eigenvalue weighted by atomic mass is 35.5. The van der Waals surface area contributed by atoms with E-state index in [9.17, 15) is 4.79 Å². The lowest BCUT2D eigenvalue weighted by Crippen LogP contribution is -2.06. The molecule has 0 aliphatic rings. The van der Waals surface area contributed by atoms with Crippen molar-refractivity contribution >= 4 is 39.4 Å². The van der Waals surface area contributed by atoms with E-state index in [1.165, 1.54) is 7.11 Å². The average Bonchev–Trinajstić information content (AvgIpc) is 3.10. The first-order valence-electron chi connectivity index (χ1n) is 7.74. The van der Waals surface area contributed by atoms with Crippen LogP contribution in [0.3, 0.4) is 0 Å². The highest BCUT2D eigenvalue weighted by Gasteiger charge is 2.15. The highest BCUT2D eigenvalue weighted by molar-refractivity contribution is 6.30. The number of nitrogens with one attached hydrogen (secondary N) is 1. The van der Waals surface area contributed by atoms with Gasteiger partial charge in [0.2, 0.25) is 0 Å². The molecular formula is C19H14ClN3O2. The third-order valence-corrected chi connectivity index (χ3v) is 4.39. The Bertz CT molecular complexity index is 1100. The Morgan fingerprint density at radius 3 is 2.92 bits per heavy atom. The van der Waals surface area contributed by atoms with Crippen LogP contribution in [0.4, 0.5) is 0 Å². The van der Waals surface area contributed by atoms with Crippen LogP contribution in [0.5, 0.6) is 0 Å². The predicted octanol–water partition coefficient (Wildman–Crippen LogP) is 4.15. The van der Waals surface area contributed by atoms with Gasteiger partial charge in [0.05, 0.1) is 36.5 Å². The van der Waals surface area contributed by atoms with Crippen molar-refractivity contribution in [2.24, 2.45) is 0 Å². The van der Waals surface area contributed by atoms with Crippen LogP contribution in [0.1, 0.15) is 5.56 Å². The minimum absolute atomic E-state index is 0.160. The van der Waals surface area contributed by atoms with Gasteiger partial charge in [-0.2, -0.15) is 5.10 Å². The topological polar surface area (TPSA) is 67.9 Å². The maximum atomic E-state index is 11.9. The second kappa shape index (κ2) is 6.18. The van der Waals surface area contributed by atoms with Gasteiger partial charge in [-0.15, -0.1) is 0 Å². The third kappa shape index (κ3) is 2.83. The predicted molar refractivity (Wildman–Crippen MR) is 97.6 cm³/mol. The number of methoxy groups -OCH3 is 1. The van der Waals surface area contributed by atoms with E-state index in [0.717, 1.165) is 38.6 Å². The molecule has 0 fully saturated rings. The average molecular weight is 352 g/mol. The van der Waals surface area contributed by atoms with Crippen molar-refractivity contribution in [1.29, 1.82) is 0 Å². The Kier molecular flexibility index (Phi) is 3.86. The molecule has 0 aliphatic heterocycles. The van der Waals surface area contributed by atoms with Crippen molar-refractivity contribution in [3.8, 4) is 11.3 Å².